The summed E-state index contributed by atoms with van der Waals surface area (Å²) in [5, 5.41) is 13.7. The molecule has 0 saturated heterocycles. The number of carbonyl (C=O) groups excluding carboxylic acids is 1. The van der Waals surface area contributed by atoms with Gasteiger partial charge in [0.25, 0.3) is 0 Å². The maximum atomic E-state index is 11.8. The number of hydrogen-bond donors (Lipinski definition) is 2. The number of amides is 1. The Bertz CT molecular complexity index is 727. The highest BCUT2D eigenvalue weighted by Gasteiger charge is 2.09. The SMILES string of the molecule is Cc1ccc(OCCNC(=O)Cc2nc(CC(=O)O)cs2)cc1C. The summed E-state index contributed by atoms with van der Waals surface area (Å²) in [5.41, 5.74) is 2.85. The van der Waals surface area contributed by atoms with E-state index in [9.17, 15) is 9.59 Å². The molecule has 2 N–H and O–H groups in total. The van der Waals surface area contributed by atoms with E-state index in [0.717, 1.165) is 11.3 Å². The molecule has 1 heterocycles. The Morgan fingerprint density at radius 2 is 2.04 bits per heavy atom. The van der Waals surface area contributed by atoms with Gasteiger partial charge in [-0.25, -0.2) is 4.98 Å². The molecule has 128 valence electrons. The van der Waals surface area contributed by atoms with Crippen molar-refractivity contribution >= 4 is 23.2 Å². The highest BCUT2D eigenvalue weighted by Crippen LogP contribution is 2.16. The van der Waals surface area contributed by atoms with Crippen LogP contribution in [0.5, 0.6) is 5.75 Å². The van der Waals surface area contributed by atoms with Crippen LogP contribution in [0.1, 0.15) is 21.8 Å². The van der Waals surface area contributed by atoms with Crippen LogP contribution in [0.4, 0.5) is 0 Å². The zero-order valence-electron chi connectivity index (χ0n) is 13.7. The van der Waals surface area contributed by atoms with Crippen molar-refractivity contribution in [1.82, 2.24) is 10.3 Å². The Labute approximate surface area is 144 Å². The number of thiazole rings is 1. The van der Waals surface area contributed by atoms with Crippen molar-refractivity contribution in [3.63, 3.8) is 0 Å². The van der Waals surface area contributed by atoms with Crippen molar-refractivity contribution in [3.8, 4) is 5.75 Å². The van der Waals surface area contributed by atoms with Crippen molar-refractivity contribution in [2.75, 3.05) is 13.2 Å². The smallest absolute Gasteiger partial charge is 0.309 e. The molecule has 0 spiro atoms. The number of aryl methyl sites for hydroxylation is 2. The van der Waals surface area contributed by atoms with Crippen molar-refractivity contribution < 1.29 is 19.4 Å². The molecule has 1 aromatic carbocycles. The molecule has 0 unspecified atom stereocenters. The second-order valence-electron chi connectivity index (χ2n) is 5.42. The molecule has 0 aliphatic rings. The number of benzene rings is 1. The van der Waals surface area contributed by atoms with E-state index in [1.54, 1.807) is 5.38 Å². The van der Waals surface area contributed by atoms with Crippen LogP contribution in [0.15, 0.2) is 23.6 Å². The highest BCUT2D eigenvalue weighted by atomic mass is 32.1. The first kappa shape index (κ1) is 17.9. The van der Waals surface area contributed by atoms with Crippen molar-refractivity contribution in [1.29, 1.82) is 0 Å². The summed E-state index contributed by atoms with van der Waals surface area (Å²) in [6.07, 6.45) is 0.0237. The fourth-order valence-corrected chi connectivity index (χ4v) is 2.82. The molecular weight excluding hydrogens is 328 g/mol. The van der Waals surface area contributed by atoms with Crippen LogP contribution < -0.4 is 10.1 Å². The summed E-state index contributed by atoms with van der Waals surface area (Å²) < 4.78 is 5.60. The first-order valence-electron chi connectivity index (χ1n) is 7.56. The average molecular weight is 348 g/mol. The molecular formula is C17H20N2O4S. The van der Waals surface area contributed by atoms with Gasteiger partial charge in [0.2, 0.25) is 5.91 Å². The number of ether oxygens (including phenoxy) is 1. The first-order chi connectivity index (χ1) is 11.4. The number of nitrogens with zero attached hydrogens (tertiary/aromatic N) is 1. The number of carbonyl (C=O) groups is 2. The van der Waals surface area contributed by atoms with Crippen LogP contribution in [-0.2, 0) is 22.4 Å². The summed E-state index contributed by atoms with van der Waals surface area (Å²) in [7, 11) is 0. The lowest BCUT2D eigenvalue weighted by atomic mass is 10.1. The van der Waals surface area contributed by atoms with Crippen molar-refractivity contribution in [3.05, 3.63) is 45.4 Å². The van der Waals surface area contributed by atoms with Gasteiger partial charge in [-0.3, -0.25) is 9.59 Å². The molecule has 2 aromatic rings. The van der Waals surface area contributed by atoms with Crippen LogP contribution in [0, 0.1) is 13.8 Å². The van der Waals surface area contributed by atoms with E-state index < -0.39 is 5.97 Å². The minimum Gasteiger partial charge on any atom is -0.492 e. The molecule has 6 nitrogen and oxygen atoms in total. The lowest BCUT2D eigenvalue weighted by molar-refractivity contribution is -0.136. The fraction of sp³-hybridized carbons (Fsp3) is 0.353. The molecule has 0 aliphatic carbocycles. The van der Waals surface area contributed by atoms with E-state index >= 15 is 0 Å². The molecule has 24 heavy (non-hydrogen) atoms. The first-order valence-corrected chi connectivity index (χ1v) is 8.44. The Kier molecular flexibility index (Phi) is 6.31. The number of nitrogens with one attached hydrogen (secondary N) is 1. The molecule has 2 rings (SSSR count). The topological polar surface area (TPSA) is 88.5 Å². The van der Waals surface area contributed by atoms with Crippen LogP contribution >= 0.6 is 11.3 Å². The number of carboxylic acid groups (broad SMARTS) is 1. The summed E-state index contributed by atoms with van der Waals surface area (Å²) in [4.78, 5) is 26.6. The average Bonchev–Trinajstić information content (AvgIpc) is 2.93. The lowest BCUT2D eigenvalue weighted by Crippen LogP contribution is -2.29. The lowest BCUT2D eigenvalue weighted by Gasteiger charge is -2.09. The molecule has 0 bridgehead atoms. The Balaban J connectivity index is 1.70. The predicted molar refractivity (Wildman–Crippen MR) is 91.6 cm³/mol. The number of rotatable bonds is 8. The van der Waals surface area contributed by atoms with Gasteiger partial charge in [0, 0.05) is 5.38 Å². The van der Waals surface area contributed by atoms with Crippen molar-refractivity contribution in [2.45, 2.75) is 26.7 Å². The summed E-state index contributed by atoms with van der Waals surface area (Å²) >= 11 is 1.29. The number of aliphatic carboxylic acids is 1. The van der Waals surface area contributed by atoms with Gasteiger partial charge in [0.05, 0.1) is 25.1 Å². The van der Waals surface area contributed by atoms with Gasteiger partial charge in [0.1, 0.15) is 17.4 Å². The van der Waals surface area contributed by atoms with E-state index in [0.29, 0.717) is 23.9 Å². The predicted octanol–water partition coefficient (Wildman–Crippen LogP) is 2.12. The van der Waals surface area contributed by atoms with Crippen LogP contribution in [0.3, 0.4) is 0 Å². The minimum atomic E-state index is -0.931. The minimum absolute atomic E-state index is 0.123. The summed E-state index contributed by atoms with van der Waals surface area (Å²) in [5.74, 6) is -0.305. The fourth-order valence-electron chi connectivity index (χ4n) is 2.03. The summed E-state index contributed by atoms with van der Waals surface area (Å²) in [6, 6.07) is 5.88. The van der Waals surface area contributed by atoms with Gasteiger partial charge in [0.15, 0.2) is 0 Å². The number of aromatic nitrogens is 1. The van der Waals surface area contributed by atoms with Gasteiger partial charge in [-0.1, -0.05) is 6.07 Å². The highest BCUT2D eigenvalue weighted by molar-refractivity contribution is 7.09. The third-order valence-corrected chi connectivity index (χ3v) is 4.31. The van der Waals surface area contributed by atoms with Gasteiger partial charge in [-0.2, -0.15) is 0 Å². The number of hydrogen-bond acceptors (Lipinski definition) is 5. The summed E-state index contributed by atoms with van der Waals surface area (Å²) in [6.45, 7) is 4.85. The van der Waals surface area contributed by atoms with Crippen LogP contribution in [0.25, 0.3) is 0 Å². The number of carboxylic acids is 1. The van der Waals surface area contributed by atoms with Crippen LogP contribution in [0.2, 0.25) is 0 Å². The molecule has 0 aliphatic heterocycles. The zero-order valence-corrected chi connectivity index (χ0v) is 14.5. The van der Waals surface area contributed by atoms with E-state index in [1.807, 2.05) is 32.0 Å². The van der Waals surface area contributed by atoms with Gasteiger partial charge in [-0.15, -0.1) is 11.3 Å². The molecule has 1 amide bonds. The molecule has 7 heteroatoms. The van der Waals surface area contributed by atoms with E-state index in [4.69, 9.17) is 9.84 Å². The second kappa shape index (κ2) is 8.44. The van der Waals surface area contributed by atoms with Gasteiger partial charge < -0.3 is 15.2 Å². The maximum absolute atomic E-state index is 11.8. The standard InChI is InChI=1S/C17H20N2O4S/c1-11-3-4-14(7-12(11)2)23-6-5-18-15(20)9-16-19-13(10-24-16)8-17(21)22/h3-4,7,10H,5-6,8-9H2,1-2H3,(H,18,20)(H,21,22). The molecule has 0 saturated carbocycles. The Hall–Kier alpha value is -2.41. The third-order valence-electron chi connectivity index (χ3n) is 3.41. The van der Waals surface area contributed by atoms with Gasteiger partial charge >= 0.3 is 5.97 Å². The zero-order chi connectivity index (χ0) is 17.5. The van der Waals surface area contributed by atoms with E-state index in [1.165, 1.54) is 16.9 Å². The monoisotopic (exact) mass is 348 g/mol. The largest absolute Gasteiger partial charge is 0.492 e. The van der Waals surface area contributed by atoms with Crippen LogP contribution in [-0.4, -0.2) is 35.1 Å². The maximum Gasteiger partial charge on any atom is 0.309 e. The van der Waals surface area contributed by atoms with E-state index in [2.05, 4.69) is 10.3 Å². The quantitative estimate of drug-likeness (QED) is 0.714. The normalized spacial score (nSPS) is 10.4. The second-order valence-corrected chi connectivity index (χ2v) is 6.37. The van der Waals surface area contributed by atoms with Crippen molar-refractivity contribution in [2.24, 2.45) is 0 Å². The molecule has 1 aromatic heterocycles. The molecule has 0 radical (unpaired) electrons. The molecule has 0 fully saturated rings. The Morgan fingerprint density at radius 3 is 2.75 bits per heavy atom. The van der Waals surface area contributed by atoms with Gasteiger partial charge in [-0.05, 0) is 37.1 Å². The van der Waals surface area contributed by atoms with E-state index in [-0.39, 0.29) is 18.7 Å². The molecule has 0 atom stereocenters. The Morgan fingerprint density at radius 1 is 1.25 bits per heavy atom. The third kappa shape index (κ3) is 5.66.